The fraction of sp³-hybridized carbons (Fsp3) is 0.200. The predicted octanol–water partition coefficient (Wildman–Crippen LogP) is 1.24. The quantitative estimate of drug-likeness (QED) is 0.632. The van der Waals surface area contributed by atoms with Gasteiger partial charge in [0, 0.05) is 6.07 Å². The van der Waals surface area contributed by atoms with Crippen molar-refractivity contribution in [1.82, 2.24) is 14.9 Å². The predicted molar refractivity (Wildman–Crippen MR) is 64.9 cm³/mol. The van der Waals surface area contributed by atoms with Gasteiger partial charge in [-0.1, -0.05) is 6.07 Å². The number of benzene rings is 1. The Morgan fingerprint density at radius 3 is 2.88 bits per heavy atom. The molecule has 2 aromatic rings. The van der Waals surface area contributed by atoms with E-state index in [-0.39, 0.29) is 6.61 Å². The Bertz CT molecular complexity index is 563. The fourth-order valence-corrected chi connectivity index (χ4v) is 1.43. The number of rotatable bonds is 4. The van der Waals surface area contributed by atoms with Crippen molar-refractivity contribution in [3.8, 4) is 11.5 Å². The highest BCUT2D eigenvalue weighted by atomic mass is 32.1. The zero-order chi connectivity index (χ0) is 12.3. The molecular formula is C10H12N4O2S. The van der Waals surface area contributed by atoms with Gasteiger partial charge in [0.15, 0.2) is 5.82 Å². The summed E-state index contributed by atoms with van der Waals surface area (Å²) in [5.41, 5.74) is 0. The minimum Gasteiger partial charge on any atom is -0.497 e. The van der Waals surface area contributed by atoms with Gasteiger partial charge in [0.25, 0.3) is 0 Å². The first-order valence-corrected chi connectivity index (χ1v) is 5.30. The van der Waals surface area contributed by atoms with Crippen LogP contribution in [0.3, 0.4) is 0 Å². The lowest BCUT2D eigenvalue weighted by atomic mass is 10.3. The highest BCUT2D eigenvalue weighted by Gasteiger charge is 2.04. The number of nitrogens with one attached hydrogen (secondary N) is 1. The topological polar surface area (TPSA) is 78.1 Å². The van der Waals surface area contributed by atoms with Crippen LogP contribution in [0.4, 0.5) is 0 Å². The Morgan fingerprint density at radius 2 is 2.24 bits per heavy atom. The monoisotopic (exact) mass is 252 g/mol. The van der Waals surface area contributed by atoms with Crippen molar-refractivity contribution >= 4 is 12.2 Å². The number of nitrogen functional groups attached to an aromatic ring is 1. The first-order valence-electron chi connectivity index (χ1n) is 4.89. The van der Waals surface area contributed by atoms with Crippen LogP contribution < -0.4 is 15.3 Å². The highest BCUT2D eigenvalue weighted by molar-refractivity contribution is 7.71. The molecule has 0 radical (unpaired) electrons. The van der Waals surface area contributed by atoms with Gasteiger partial charge in [-0.05, 0) is 24.4 Å². The summed E-state index contributed by atoms with van der Waals surface area (Å²) in [7, 11) is 1.60. The number of nitrogens with two attached hydrogens (primary N) is 1. The fourth-order valence-electron chi connectivity index (χ4n) is 1.28. The average molecular weight is 252 g/mol. The van der Waals surface area contributed by atoms with E-state index >= 15 is 0 Å². The number of methoxy groups -OCH3 is 1. The van der Waals surface area contributed by atoms with Crippen LogP contribution in [0.5, 0.6) is 11.5 Å². The third-order valence-electron chi connectivity index (χ3n) is 2.19. The Labute approximate surface area is 103 Å². The van der Waals surface area contributed by atoms with Crippen LogP contribution in [0.15, 0.2) is 24.3 Å². The molecule has 1 aromatic carbocycles. The lowest BCUT2D eigenvalue weighted by Gasteiger charge is -2.06. The molecule has 0 atom stereocenters. The first-order chi connectivity index (χ1) is 8.20. The summed E-state index contributed by atoms with van der Waals surface area (Å²) in [5.74, 6) is 7.57. The lowest BCUT2D eigenvalue weighted by molar-refractivity contribution is 0.290. The lowest BCUT2D eigenvalue weighted by Crippen LogP contribution is -2.14. The van der Waals surface area contributed by atoms with Crippen LogP contribution in [0.1, 0.15) is 5.82 Å². The van der Waals surface area contributed by atoms with Crippen LogP contribution in [-0.2, 0) is 6.61 Å². The SMILES string of the molecule is COc1cccc(OCc2n[nH]c(=S)n2N)c1. The van der Waals surface area contributed by atoms with E-state index in [4.69, 9.17) is 27.5 Å². The molecule has 7 heteroatoms. The molecule has 0 aliphatic heterocycles. The number of aromatic nitrogens is 3. The van der Waals surface area contributed by atoms with E-state index in [1.165, 1.54) is 4.68 Å². The molecule has 0 bridgehead atoms. The second kappa shape index (κ2) is 4.88. The van der Waals surface area contributed by atoms with Gasteiger partial charge in [0.1, 0.15) is 18.1 Å². The molecule has 0 amide bonds. The summed E-state index contributed by atoms with van der Waals surface area (Å²) in [4.78, 5) is 0. The maximum absolute atomic E-state index is 5.64. The smallest absolute Gasteiger partial charge is 0.214 e. The summed E-state index contributed by atoms with van der Waals surface area (Å²) in [6, 6.07) is 7.28. The zero-order valence-electron chi connectivity index (χ0n) is 9.21. The van der Waals surface area contributed by atoms with Gasteiger partial charge in [-0.25, -0.2) is 4.68 Å². The molecule has 1 aromatic heterocycles. The second-order valence-corrected chi connectivity index (χ2v) is 3.67. The van der Waals surface area contributed by atoms with Crippen molar-refractivity contribution in [3.05, 3.63) is 34.9 Å². The largest absolute Gasteiger partial charge is 0.497 e. The van der Waals surface area contributed by atoms with E-state index < -0.39 is 0 Å². The van der Waals surface area contributed by atoms with Crippen molar-refractivity contribution in [1.29, 1.82) is 0 Å². The normalized spacial score (nSPS) is 10.2. The van der Waals surface area contributed by atoms with Crippen molar-refractivity contribution in [3.63, 3.8) is 0 Å². The van der Waals surface area contributed by atoms with Crippen LogP contribution >= 0.6 is 12.2 Å². The number of aromatic amines is 1. The number of hydrogen-bond acceptors (Lipinski definition) is 5. The molecule has 0 fully saturated rings. The minimum atomic E-state index is 0.233. The van der Waals surface area contributed by atoms with Crippen LogP contribution in [0.2, 0.25) is 0 Å². The van der Waals surface area contributed by atoms with E-state index in [1.54, 1.807) is 13.2 Å². The summed E-state index contributed by atoms with van der Waals surface area (Å²) in [6.45, 7) is 0.233. The minimum absolute atomic E-state index is 0.233. The summed E-state index contributed by atoms with van der Waals surface area (Å²) >= 11 is 4.89. The van der Waals surface area contributed by atoms with Crippen LogP contribution in [-0.4, -0.2) is 22.0 Å². The summed E-state index contributed by atoms with van der Waals surface area (Å²) < 4.78 is 12.2. The third-order valence-corrected chi connectivity index (χ3v) is 2.47. The van der Waals surface area contributed by atoms with Gasteiger partial charge in [-0.3, -0.25) is 5.10 Å². The number of H-pyrrole nitrogens is 1. The molecule has 0 saturated carbocycles. The van der Waals surface area contributed by atoms with Gasteiger partial charge in [0.2, 0.25) is 4.77 Å². The summed E-state index contributed by atoms with van der Waals surface area (Å²) in [6.07, 6.45) is 0. The molecular weight excluding hydrogens is 240 g/mol. The molecule has 0 aliphatic carbocycles. The Hall–Kier alpha value is -2.02. The van der Waals surface area contributed by atoms with Crippen LogP contribution in [0, 0.1) is 4.77 Å². The molecule has 6 nitrogen and oxygen atoms in total. The van der Waals surface area contributed by atoms with Gasteiger partial charge in [-0.2, -0.15) is 5.10 Å². The van der Waals surface area contributed by atoms with Crippen molar-refractivity contribution in [2.45, 2.75) is 6.61 Å². The Balaban J connectivity index is 2.07. The second-order valence-electron chi connectivity index (χ2n) is 3.28. The maximum atomic E-state index is 5.64. The number of hydrogen-bond donors (Lipinski definition) is 2. The third kappa shape index (κ3) is 2.56. The standard InChI is InChI=1S/C10H12N4O2S/c1-15-7-3-2-4-8(5-7)16-6-9-12-13-10(17)14(9)11/h2-5H,6,11H2,1H3,(H,13,17). The molecule has 0 aliphatic rings. The average Bonchev–Trinajstić information content (AvgIpc) is 2.68. The Kier molecular flexibility index (Phi) is 3.29. The zero-order valence-corrected chi connectivity index (χ0v) is 10.0. The molecule has 0 unspecified atom stereocenters. The molecule has 1 heterocycles. The van der Waals surface area contributed by atoms with Gasteiger partial charge >= 0.3 is 0 Å². The molecule has 90 valence electrons. The van der Waals surface area contributed by atoms with E-state index in [2.05, 4.69) is 10.2 Å². The molecule has 3 N–H and O–H groups in total. The number of ether oxygens (including phenoxy) is 2. The molecule has 0 saturated heterocycles. The maximum Gasteiger partial charge on any atom is 0.214 e. The van der Waals surface area contributed by atoms with E-state index in [0.29, 0.717) is 16.3 Å². The number of nitrogens with zero attached hydrogens (tertiary/aromatic N) is 2. The first kappa shape index (κ1) is 11.5. The molecule has 2 rings (SSSR count). The molecule has 17 heavy (non-hydrogen) atoms. The summed E-state index contributed by atoms with van der Waals surface area (Å²) in [5, 5.41) is 6.52. The van der Waals surface area contributed by atoms with Gasteiger partial charge in [-0.15, -0.1) is 0 Å². The van der Waals surface area contributed by atoms with E-state index in [1.807, 2.05) is 18.2 Å². The highest BCUT2D eigenvalue weighted by Crippen LogP contribution is 2.19. The van der Waals surface area contributed by atoms with Crippen molar-refractivity contribution < 1.29 is 9.47 Å². The van der Waals surface area contributed by atoms with Gasteiger partial charge in [0.05, 0.1) is 7.11 Å². The van der Waals surface area contributed by atoms with Crippen molar-refractivity contribution in [2.75, 3.05) is 13.0 Å². The van der Waals surface area contributed by atoms with Gasteiger partial charge < -0.3 is 15.3 Å². The van der Waals surface area contributed by atoms with E-state index in [0.717, 1.165) is 5.75 Å². The van der Waals surface area contributed by atoms with E-state index in [9.17, 15) is 0 Å². The Morgan fingerprint density at radius 1 is 1.47 bits per heavy atom. The van der Waals surface area contributed by atoms with Crippen LogP contribution in [0.25, 0.3) is 0 Å². The molecule has 0 spiro atoms. The van der Waals surface area contributed by atoms with Crippen molar-refractivity contribution in [2.24, 2.45) is 0 Å².